The Labute approximate surface area is 281 Å². The standard InChI is InChI=1S/C35H38BrN3O8/c1-45-24-15-13-23(14-16-24)38-17-7-3-6-12-27(41)37-21-26(22-10-4-2-5-11-22)46-34(44)28-29-32(42)39(18-8-9-19-40)31(33(38)43)35(29)20-25(36)30(28)47-35/h2-5,7,10-11,13-16,20,26,28-31,40H,6,8-9,12,17-19,21H2,1H3,(H,37,41)/b7-3-/t26-,28-,29+,30-,31-,35+/m0/s1. The summed E-state index contributed by atoms with van der Waals surface area (Å²) in [5, 5.41) is 12.4. The van der Waals surface area contributed by atoms with E-state index in [4.69, 9.17) is 14.2 Å². The number of anilines is 1. The van der Waals surface area contributed by atoms with E-state index >= 15 is 0 Å². The summed E-state index contributed by atoms with van der Waals surface area (Å²) < 4.78 is 18.6. The zero-order chi connectivity index (χ0) is 33.1. The molecule has 6 rings (SSSR count). The van der Waals surface area contributed by atoms with E-state index < -0.39 is 41.7 Å². The first kappa shape index (κ1) is 32.9. The summed E-state index contributed by atoms with van der Waals surface area (Å²) in [4.78, 5) is 59.3. The average Bonchev–Trinajstić information content (AvgIpc) is 3.67. The van der Waals surface area contributed by atoms with Crippen molar-refractivity contribution in [3.8, 4) is 5.75 Å². The van der Waals surface area contributed by atoms with Gasteiger partial charge >= 0.3 is 5.97 Å². The smallest absolute Gasteiger partial charge is 0.313 e. The number of hydrogen-bond acceptors (Lipinski definition) is 8. The molecule has 47 heavy (non-hydrogen) atoms. The van der Waals surface area contributed by atoms with Crippen molar-refractivity contribution in [2.24, 2.45) is 11.8 Å². The molecule has 3 amide bonds. The van der Waals surface area contributed by atoms with Crippen LogP contribution in [0.4, 0.5) is 5.69 Å². The van der Waals surface area contributed by atoms with E-state index in [-0.39, 0.29) is 50.4 Å². The molecular formula is C35H38BrN3O8. The van der Waals surface area contributed by atoms with E-state index in [1.54, 1.807) is 42.4 Å². The van der Waals surface area contributed by atoms with Crippen molar-refractivity contribution < 1.29 is 38.5 Å². The Morgan fingerprint density at radius 1 is 1.02 bits per heavy atom. The van der Waals surface area contributed by atoms with Crippen molar-refractivity contribution in [3.63, 3.8) is 0 Å². The zero-order valence-electron chi connectivity index (χ0n) is 26.0. The number of benzene rings is 2. The molecule has 0 aromatic heterocycles. The first-order valence-corrected chi connectivity index (χ1v) is 16.7. The molecule has 4 aliphatic rings. The Hall–Kier alpha value is -4.00. The van der Waals surface area contributed by atoms with E-state index in [1.807, 2.05) is 42.5 Å². The van der Waals surface area contributed by atoms with E-state index in [1.165, 1.54) is 4.90 Å². The maximum absolute atomic E-state index is 14.9. The second kappa shape index (κ2) is 14.0. The molecule has 2 aromatic carbocycles. The maximum atomic E-state index is 14.9. The number of hydrogen-bond donors (Lipinski definition) is 2. The van der Waals surface area contributed by atoms with Gasteiger partial charge in [0.1, 0.15) is 35.5 Å². The molecule has 1 spiro atoms. The molecule has 2 aromatic rings. The summed E-state index contributed by atoms with van der Waals surface area (Å²) in [6.07, 6.45) is 5.33. The van der Waals surface area contributed by atoms with Crippen LogP contribution in [0.15, 0.2) is 77.3 Å². The molecule has 11 nitrogen and oxygen atoms in total. The quantitative estimate of drug-likeness (QED) is 0.254. The predicted molar refractivity (Wildman–Crippen MR) is 175 cm³/mol. The third-order valence-electron chi connectivity index (χ3n) is 9.30. The fourth-order valence-electron chi connectivity index (χ4n) is 7.05. The molecule has 5 bridgehead atoms. The van der Waals surface area contributed by atoms with Gasteiger partial charge in [-0.15, -0.1) is 0 Å². The molecule has 12 heteroatoms. The number of aliphatic hydroxyl groups excluding tert-OH is 1. The third-order valence-corrected chi connectivity index (χ3v) is 9.98. The number of nitrogens with zero attached hydrogens (tertiary/aromatic N) is 2. The van der Waals surface area contributed by atoms with Gasteiger partial charge in [0.25, 0.3) is 5.91 Å². The van der Waals surface area contributed by atoms with Gasteiger partial charge in [-0.1, -0.05) is 58.4 Å². The molecule has 2 fully saturated rings. The summed E-state index contributed by atoms with van der Waals surface area (Å²) >= 11 is 3.58. The molecule has 0 radical (unpaired) electrons. The van der Waals surface area contributed by atoms with Crippen molar-refractivity contribution in [1.29, 1.82) is 0 Å². The lowest BCUT2D eigenvalue weighted by Crippen LogP contribution is -2.56. The molecule has 4 aliphatic heterocycles. The predicted octanol–water partition coefficient (Wildman–Crippen LogP) is 3.42. The number of amides is 3. The van der Waals surface area contributed by atoms with Gasteiger partial charge < -0.3 is 34.4 Å². The minimum absolute atomic E-state index is 0.0525. The number of allylic oxidation sites excluding steroid dienone is 1. The second-order valence-electron chi connectivity index (χ2n) is 12.1. The highest BCUT2D eigenvalue weighted by Gasteiger charge is 2.75. The van der Waals surface area contributed by atoms with Gasteiger partial charge in [-0.25, -0.2) is 0 Å². The summed E-state index contributed by atoms with van der Waals surface area (Å²) in [6, 6.07) is 15.1. The summed E-state index contributed by atoms with van der Waals surface area (Å²) in [6.45, 7) is 0.351. The Kier molecular flexibility index (Phi) is 9.81. The number of rotatable bonds is 7. The molecule has 0 aliphatic carbocycles. The average molecular weight is 709 g/mol. The van der Waals surface area contributed by atoms with Crippen molar-refractivity contribution in [2.45, 2.75) is 49.5 Å². The van der Waals surface area contributed by atoms with Gasteiger partial charge in [-0.3, -0.25) is 19.2 Å². The first-order valence-electron chi connectivity index (χ1n) is 15.9. The van der Waals surface area contributed by atoms with Crippen LogP contribution in [-0.4, -0.2) is 84.8 Å². The number of likely N-dealkylation sites (tertiary alicyclic amines) is 1. The van der Waals surface area contributed by atoms with Crippen LogP contribution in [0.2, 0.25) is 0 Å². The zero-order valence-corrected chi connectivity index (χ0v) is 27.6. The topological polar surface area (TPSA) is 135 Å². The Bertz CT molecular complexity index is 1560. The number of fused-ring (bicyclic) bond motifs is 2. The van der Waals surface area contributed by atoms with E-state index in [2.05, 4.69) is 21.2 Å². The van der Waals surface area contributed by atoms with Crippen LogP contribution < -0.4 is 15.0 Å². The molecule has 6 atom stereocenters. The molecule has 248 valence electrons. The third kappa shape index (κ3) is 6.21. The van der Waals surface area contributed by atoms with Gasteiger partial charge in [0, 0.05) is 36.3 Å². The van der Waals surface area contributed by atoms with Crippen LogP contribution in [-0.2, 0) is 28.7 Å². The summed E-state index contributed by atoms with van der Waals surface area (Å²) in [5.74, 6) is -3.04. The lowest BCUT2D eigenvalue weighted by atomic mass is 9.74. The van der Waals surface area contributed by atoms with Crippen molar-refractivity contribution >= 4 is 45.3 Å². The van der Waals surface area contributed by atoms with Gasteiger partial charge in [0.05, 0.1) is 19.6 Å². The minimum Gasteiger partial charge on any atom is -0.497 e. The lowest BCUT2D eigenvalue weighted by Gasteiger charge is -2.36. The number of carbonyl (C=O) groups excluding carboxylic acids is 4. The first-order chi connectivity index (χ1) is 22.8. The maximum Gasteiger partial charge on any atom is 0.313 e. The molecule has 4 heterocycles. The van der Waals surface area contributed by atoms with Gasteiger partial charge in [-0.2, -0.15) is 0 Å². The second-order valence-corrected chi connectivity index (χ2v) is 13.0. The van der Waals surface area contributed by atoms with E-state index in [9.17, 15) is 24.3 Å². The van der Waals surface area contributed by atoms with Crippen LogP contribution in [0.25, 0.3) is 0 Å². The monoisotopic (exact) mass is 707 g/mol. The molecular weight excluding hydrogens is 670 g/mol. The number of esters is 1. The Balaban J connectivity index is 1.44. The molecule has 0 unspecified atom stereocenters. The lowest BCUT2D eigenvalue weighted by molar-refractivity contribution is -0.159. The number of carbonyl (C=O) groups is 4. The number of cyclic esters (lactones) is 1. The number of methoxy groups -OCH3 is 1. The normalized spacial score (nSPS) is 30.1. The van der Waals surface area contributed by atoms with Crippen LogP contribution in [0.1, 0.15) is 37.4 Å². The molecule has 2 N–H and O–H groups in total. The number of ether oxygens (including phenoxy) is 3. The Morgan fingerprint density at radius 3 is 2.51 bits per heavy atom. The molecule has 2 saturated heterocycles. The fraction of sp³-hybridized carbons (Fsp3) is 0.429. The minimum atomic E-state index is -1.43. The van der Waals surface area contributed by atoms with Crippen LogP contribution in [0.3, 0.4) is 0 Å². The van der Waals surface area contributed by atoms with Gasteiger partial charge in [0.15, 0.2) is 0 Å². The summed E-state index contributed by atoms with van der Waals surface area (Å²) in [7, 11) is 1.56. The number of halogens is 1. The van der Waals surface area contributed by atoms with Gasteiger partial charge in [-0.05, 0) is 55.2 Å². The van der Waals surface area contributed by atoms with Crippen molar-refractivity contribution in [2.75, 3.05) is 38.3 Å². The molecule has 0 saturated carbocycles. The number of nitrogens with one attached hydrogen (secondary N) is 1. The van der Waals surface area contributed by atoms with Crippen LogP contribution in [0, 0.1) is 11.8 Å². The van der Waals surface area contributed by atoms with E-state index in [0.717, 1.165) is 0 Å². The van der Waals surface area contributed by atoms with E-state index in [0.29, 0.717) is 40.7 Å². The van der Waals surface area contributed by atoms with Crippen LogP contribution >= 0.6 is 15.9 Å². The van der Waals surface area contributed by atoms with Crippen LogP contribution in [0.5, 0.6) is 5.75 Å². The Morgan fingerprint density at radius 2 is 1.79 bits per heavy atom. The fourth-order valence-corrected chi connectivity index (χ4v) is 7.79. The van der Waals surface area contributed by atoms with Gasteiger partial charge in [0.2, 0.25) is 11.8 Å². The number of unbranched alkanes of at least 4 members (excludes halogenated alkanes) is 1. The largest absolute Gasteiger partial charge is 0.497 e. The van der Waals surface area contributed by atoms with Crippen molar-refractivity contribution in [3.05, 3.63) is 82.9 Å². The number of aliphatic hydroxyl groups is 1. The summed E-state index contributed by atoms with van der Waals surface area (Å²) in [5.41, 5.74) is -0.158. The highest BCUT2D eigenvalue weighted by Crippen LogP contribution is 2.59. The van der Waals surface area contributed by atoms with Crippen molar-refractivity contribution in [1.82, 2.24) is 10.2 Å². The highest BCUT2D eigenvalue weighted by atomic mass is 79.9. The highest BCUT2D eigenvalue weighted by molar-refractivity contribution is 9.11. The SMILES string of the molecule is COc1ccc(N2C/C=C\CCC(=O)NC[C@@H](c3ccccc3)OC(=O)[C@@H]3[C@H]4O[C@@]5(C=C4Br)[C@H](C2=O)N(CCCCO)C(=O)[C@@H]35)cc1.